The normalized spacial score (nSPS) is 45.4. The molecule has 0 amide bonds. The molecule has 6 rings (SSSR count). The zero-order chi connectivity index (χ0) is 28.3. The lowest BCUT2D eigenvalue weighted by Crippen LogP contribution is -2.67. The van der Waals surface area contributed by atoms with Crippen LogP contribution in [0, 0.1) is 28.1 Å². The van der Waals surface area contributed by atoms with Crippen LogP contribution >= 0.6 is 0 Å². The molecule has 0 radical (unpaired) electrons. The quantitative estimate of drug-likeness (QED) is 0.409. The Kier molecular flexibility index (Phi) is 5.15. The summed E-state index contributed by atoms with van der Waals surface area (Å²) in [6.07, 6.45) is -0.0152. The van der Waals surface area contributed by atoms with Gasteiger partial charge in [0.25, 0.3) is 0 Å². The molecule has 1 aromatic rings. The second-order valence-corrected chi connectivity index (χ2v) is 12.5. The molecule has 2 aliphatic carbocycles. The topological polar surface area (TPSA) is 145 Å². The molecule has 5 fully saturated rings. The molecule has 1 spiro atoms. The predicted octanol–water partition coefficient (Wildman–Crippen LogP) is 2.45. The Balaban J connectivity index is 1.59. The molecule has 0 bridgehead atoms. The number of fused-ring (bicyclic) bond motifs is 4. The molecule has 210 valence electrons. The highest BCUT2D eigenvalue weighted by Gasteiger charge is 2.88. The number of Topliss-reactive ketones (excluding diaryl/α,β-unsaturated/α-hetero) is 1. The van der Waals surface area contributed by atoms with E-state index in [9.17, 15) is 24.0 Å². The van der Waals surface area contributed by atoms with Crippen molar-refractivity contribution in [2.24, 2.45) is 28.1 Å². The molecular formula is C28H32O11. The van der Waals surface area contributed by atoms with Crippen molar-refractivity contribution in [3.8, 4) is 0 Å². The lowest BCUT2D eigenvalue weighted by atomic mass is 9.48. The number of esters is 4. The fourth-order valence-electron chi connectivity index (χ4n) is 8.90. The van der Waals surface area contributed by atoms with Gasteiger partial charge in [-0.2, -0.15) is 0 Å². The Bertz CT molecular complexity index is 1300. The maximum absolute atomic E-state index is 14.6. The maximum Gasteiger partial charge on any atom is 0.347 e. The summed E-state index contributed by atoms with van der Waals surface area (Å²) < 4.78 is 34.7. The minimum atomic E-state index is -1.56. The van der Waals surface area contributed by atoms with Crippen LogP contribution < -0.4 is 0 Å². The summed E-state index contributed by atoms with van der Waals surface area (Å²) in [6, 6.07) is 1.69. The van der Waals surface area contributed by atoms with E-state index in [1.807, 2.05) is 6.92 Å². The van der Waals surface area contributed by atoms with Gasteiger partial charge in [0.2, 0.25) is 6.10 Å². The number of carbonyl (C=O) groups is 5. The van der Waals surface area contributed by atoms with Crippen molar-refractivity contribution in [2.45, 2.75) is 83.4 Å². The second kappa shape index (κ2) is 7.71. The number of rotatable bonds is 3. The molecule has 9 atom stereocenters. The van der Waals surface area contributed by atoms with Gasteiger partial charge in [-0.3, -0.25) is 19.2 Å². The zero-order valence-electron chi connectivity index (χ0n) is 22.7. The van der Waals surface area contributed by atoms with Crippen LogP contribution in [-0.4, -0.2) is 60.2 Å². The Morgan fingerprint density at radius 1 is 1.05 bits per heavy atom. The smallest absolute Gasteiger partial charge is 0.347 e. The summed E-state index contributed by atoms with van der Waals surface area (Å²) in [5, 5.41) is 0. The molecule has 11 heteroatoms. The molecule has 3 aliphatic heterocycles. The number of hydrogen-bond donors (Lipinski definition) is 0. The van der Waals surface area contributed by atoms with Gasteiger partial charge >= 0.3 is 23.9 Å². The summed E-state index contributed by atoms with van der Waals surface area (Å²) in [6.45, 7) is 8.09. The fraction of sp³-hybridized carbons (Fsp3) is 0.679. The van der Waals surface area contributed by atoms with E-state index >= 15 is 0 Å². The van der Waals surface area contributed by atoms with E-state index in [0.717, 1.165) is 0 Å². The summed E-state index contributed by atoms with van der Waals surface area (Å²) in [5.41, 5.74) is -6.19. The fourth-order valence-corrected chi connectivity index (χ4v) is 8.90. The highest BCUT2D eigenvalue weighted by Crippen LogP contribution is 2.75. The lowest BCUT2D eigenvalue weighted by molar-refractivity contribution is -0.250. The number of ketones is 1. The van der Waals surface area contributed by atoms with Crippen LogP contribution in [-0.2, 0) is 47.7 Å². The number of furan rings is 1. The minimum Gasteiger partial charge on any atom is -0.472 e. The first kappa shape index (κ1) is 26.0. The average Bonchev–Trinajstić information content (AvgIpc) is 3.59. The van der Waals surface area contributed by atoms with Crippen LogP contribution in [0.2, 0.25) is 0 Å². The van der Waals surface area contributed by atoms with E-state index < -0.39 is 81.5 Å². The predicted molar refractivity (Wildman–Crippen MR) is 127 cm³/mol. The van der Waals surface area contributed by atoms with Gasteiger partial charge < -0.3 is 28.1 Å². The Hall–Kier alpha value is -3.21. The van der Waals surface area contributed by atoms with E-state index in [-0.39, 0.29) is 18.6 Å². The summed E-state index contributed by atoms with van der Waals surface area (Å²) in [7, 11) is 1.19. The third-order valence-corrected chi connectivity index (χ3v) is 10.5. The van der Waals surface area contributed by atoms with Crippen LogP contribution in [0.15, 0.2) is 23.0 Å². The largest absolute Gasteiger partial charge is 0.472 e. The highest BCUT2D eigenvalue weighted by molar-refractivity contribution is 5.98. The van der Waals surface area contributed by atoms with E-state index in [1.54, 1.807) is 26.8 Å². The third kappa shape index (κ3) is 2.79. The molecule has 0 aromatic carbocycles. The van der Waals surface area contributed by atoms with Crippen molar-refractivity contribution in [1.82, 2.24) is 0 Å². The first-order chi connectivity index (χ1) is 18.2. The van der Waals surface area contributed by atoms with Gasteiger partial charge in [0.15, 0.2) is 5.60 Å². The van der Waals surface area contributed by atoms with Crippen molar-refractivity contribution in [3.63, 3.8) is 0 Å². The Labute approximate surface area is 224 Å². The van der Waals surface area contributed by atoms with Gasteiger partial charge in [0, 0.05) is 29.2 Å². The first-order valence-corrected chi connectivity index (χ1v) is 13.1. The SMILES string of the molecule is COC(=O)[C@@H]1OC(=O)[C@@]2(C)[C@H]3O[C@]45CC(=O)O[C@@H](c6ccoc6)[C@]4(C)CC[C@]5(OC(C)=O)[C@H]3C(=O)C(C)(C)[C@H]12. The van der Waals surface area contributed by atoms with Crippen molar-refractivity contribution in [3.05, 3.63) is 24.2 Å². The zero-order valence-corrected chi connectivity index (χ0v) is 22.7. The highest BCUT2D eigenvalue weighted by atomic mass is 16.6. The van der Waals surface area contributed by atoms with Gasteiger partial charge in [-0.15, -0.1) is 0 Å². The number of methoxy groups -OCH3 is 1. The van der Waals surface area contributed by atoms with Crippen LogP contribution in [0.3, 0.4) is 0 Å². The molecule has 11 nitrogen and oxygen atoms in total. The van der Waals surface area contributed by atoms with Gasteiger partial charge in [-0.25, -0.2) is 4.79 Å². The molecule has 39 heavy (non-hydrogen) atoms. The maximum atomic E-state index is 14.6. The van der Waals surface area contributed by atoms with Crippen molar-refractivity contribution < 1.29 is 52.1 Å². The number of carbonyl (C=O) groups excluding carboxylic acids is 5. The summed E-state index contributed by atoms with van der Waals surface area (Å²) >= 11 is 0. The van der Waals surface area contributed by atoms with Gasteiger partial charge in [-0.1, -0.05) is 20.8 Å². The molecule has 4 heterocycles. The molecule has 0 unspecified atom stereocenters. The van der Waals surface area contributed by atoms with Crippen LogP contribution in [0.25, 0.3) is 0 Å². The number of cyclic esters (lactones) is 2. The van der Waals surface area contributed by atoms with Crippen LogP contribution in [0.5, 0.6) is 0 Å². The first-order valence-electron chi connectivity index (χ1n) is 13.1. The van der Waals surface area contributed by atoms with E-state index in [0.29, 0.717) is 12.0 Å². The van der Waals surface area contributed by atoms with Crippen molar-refractivity contribution in [1.29, 1.82) is 0 Å². The second-order valence-electron chi connectivity index (χ2n) is 12.5. The van der Waals surface area contributed by atoms with Crippen molar-refractivity contribution in [2.75, 3.05) is 7.11 Å². The summed E-state index contributed by atoms with van der Waals surface area (Å²) in [4.78, 5) is 67.0. The van der Waals surface area contributed by atoms with Crippen molar-refractivity contribution >= 4 is 29.7 Å². The molecule has 2 saturated carbocycles. The molecular weight excluding hydrogens is 512 g/mol. The van der Waals surface area contributed by atoms with E-state index in [4.69, 9.17) is 28.1 Å². The molecule has 1 aromatic heterocycles. The number of hydrogen-bond acceptors (Lipinski definition) is 11. The Morgan fingerprint density at radius 2 is 1.77 bits per heavy atom. The molecule has 3 saturated heterocycles. The molecule has 0 N–H and O–H groups in total. The third-order valence-electron chi connectivity index (χ3n) is 10.5. The Morgan fingerprint density at radius 3 is 2.38 bits per heavy atom. The standard InChI is InChI=1S/C28H32O11/c1-13(29)38-27-9-8-25(4)20(14-7-10-35-12-14)36-15(30)11-28(25,27)39-21-16(27)19(31)24(2,3)18-17(22(32)34-6)37-23(33)26(18,21)5/h7,10,12,16-18,20-21H,8-9,11H2,1-6H3/t16-,17+,18-,20-,21-,25-,26+,27-,28+/m0/s1. The van der Waals surface area contributed by atoms with Crippen LogP contribution in [0.1, 0.15) is 65.5 Å². The molecule has 5 aliphatic rings. The monoisotopic (exact) mass is 544 g/mol. The van der Waals surface area contributed by atoms with Gasteiger partial charge in [0.1, 0.15) is 22.9 Å². The van der Waals surface area contributed by atoms with E-state index in [1.165, 1.54) is 26.6 Å². The minimum absolute atomic E-state index is 0.202. The number of ether oxygens (including phenoxy) is 5. The average molecular weight is 545 g/mol. The summed E-state index contributed by atoms with van der Waals surface area (Å²) in [5.74, 6) is -5.06. The van der Waals surface area contributed by atoms with E-state index in [2.05, 4.69) is 0 Å². The van der Waals surface area contributed by atoms with Gasteiger partial charge in [-0.05, 0) is 25.8 Å². The van der Waals surface area contributed by atoms with Crippen LogP contribution in [0.4, 0.5) is 0 Å². The lowest BCUT2D eigenvalue weighted by Gasteiger charge is -2.52. The van der Waals surface area contributed by atoms with Gasteiger partial charge in [0.05, 0.1) is 38.1 Å².